The van der Waals surface area contributed by atoms with Crippen LogP contribution in [0, 0.1) is 6.92 Å². The van der Waals surface area contributed by atoms with Gasteiger partial charge in [-0.25, -0.2) is 0 Å². The van der Waals surface area contributed by atoms with E-state index in [1.54, 1.807) is 0 Å². The van der Waals surface area contributed by atoms with Crippen molar-refractivity contribution >= 4 is 73.7 Å². The maximum absolute atomic E-state index is 6.99. The lowest BCUT2D eigenvalue weighted by atomic mass is 9.58. The monoisotopic (exact) mass is 824 g/mol. The van der Waals surface area contributed by atoms with Crippen LogP contribution < -0.4 is 21.1 Å². The Balaban J connectivity index is 1.15. The lowest BCUT2D eigenvalue weighted by molar-refractivity contribution is 0.195. The topological polar surface area (TPSA) is 33.3 Å². The molecule has 2 aromatic heterocycles. The minimum absolute atomic E-state index is 0.00323. The largest absolute Gasteiger partial charge is 0.455 e. The van der Waals surface area contributed by atoms with Crippen LogP contribution in [0.4, 0.5) is 22.7 Å². The van der Waals surface area contributed by atoms with E-state index in [9.17, 15) is 0 Å². The molecular weight excluding hydrogens is 777 g/mol. The maximum atomic E-state index is 6.99. The standard InChI is InChI=1S/C59H47BN3O/c1-37-28-30-40(31-29-37)61-47-25-13-10-22-41(47)43-34-51(63-49-27-15-12-24-45(49)58(2)32-16-17-33-59(58,63)3)54-42-23-11-14-26-48(42)62-50-35-44-52(36-46(50)60-55(43)56(54)62)64-57(39-20-8-5-9-21-39)53(44)38-18-6-4-7-19-38/h4-15,18-31,34-36,61H,16-17,32-33H2,1-3H3. The third-order valence-corrected chi connectivity index (χ3v) is 15.2. The number of anilines is 4. The molecule has 5 heteroatoms. The summed E-state index contributed by atoms with van der Waals surface area (Å²) < 4.78 is 9.56. The summed E-state index contributed by atoms with van der Waals surface area (Å²) in [5.41, 5.74) is 19.8. The predicted octanol–water partition coefficient (Wildman–Crippen LogP) is 14.3. The van der Waals surface area contributed by atoms with Gasteiger partial charge < -0.3 is 19.2 Å². The van der Waals surface area contributed by atoms with Crippen LogP contribution in [0.5, 0.6) is 0 Å². The third-order valence-electron chi connectivity index (χ3n) is 15.2. The van der Waals surface area contributed by atoms with E-state index in [0.717, 1.165) is 62.4 Å². The van der Waals surface area contributed by atoms with Gasteiger partial charge in [-0.2, -0.15) is 0 Å². The molecule has 0 spiro atoms. The summed E-state index contributed by atoms with van der Waals surface area (Å²) in [6, 6.07) is 64.5. The normalized spacial score (nSPS) is 18.5. The Morgan fingerprint density at radius 2 is 1.31 bits per heavy atom. The Bertz CT molecular complexity index is 3500. The lowest BCUT2D eigenvalue weighted by Gasteiger charge is -2.50. The first-order chi connectivity index (χ1) is 31.4. The van der Waals surface area contributed by atoms with Gasteiger partial charge in [0.25, 0.3) is 0 Å². The van der Waals surface area contributed by atoms with Gasteiger partial charge in [0.1, 0.15) is 11.3 Å². The highest BCUT2D eigenvalue weighted by atomic mass is 16.3. The van der Waals surface area contributed by atoms with Crippen molar-refractivity contribution in [3.63, 3.8) is 0 Å². The van der Waals surface area contributed by atoms with Crippen molar-refractivity contribution in [1.82, 2.24) is 4.57 Å². The van der Waals surface area contributed by atoms with Gasteiger partial charge in [-0.05, 0) is 97.4 Å². The number of hydrogen-bond acceptors (Lipinski definition) is 3. The smallest absolute Gasteiger partial charge is 0.198 e. The highest BCUT2D eigenvalue weighted by molar-refractivity contribution is 6.74. The number of nitrogens with zero attached hydrogens (tertiary/aromatic N) is 2. The number of furan rings is 1. The molecule has 0 saturated heterocycles. The van der Waals surface area contributed by atoms with Crippen LogP contribution in [0.3, 0.4) is 0 Å². The molecule has 1 radical (unpaired) electrons. The molecule has 2 atom stereocenters. The molecule has 0 amide bonds. The first-order valence-corrected chi connectivity index (χ1v) is 22.9. The van der Waals surface area contributed by atoms with Crippen LogP contribution in [0.2, 0.25) is 0 Å². The third kappa shape index (κ3) is 5.24. The second-order valence-electron chi connectivity index (χ2n) is 18.7. The minimum atomic E-state index is -0.128. The van der Waals surface area contributed by atoms with Gasteiger partial charge in [0.2, 0.25) is 0 Å². The highest BCUT2D eigenvalue weighted by Gasteiger charge is 2.58. The SMILES string of the molecule is Cc1ccc(Nc2ccccc2-c2cc(N3c4ccccc4C4(C)CCCCC34C)c3c4ccccc4n4c3c2[B]c2cc3oc(-c5ccccc5)c(-c5ccccc5)c3cc2-4)cc1. The van der Waals surface area contributed by atoms with Gasteiger partial charge >= 0.3 is 0 Å². The summed E-state index contributed by atoms with van der Waals surface area (Å²) in [5, 5.41) is 7.52. The van der Waals surface area contributed by atoms with Gasteiger partial charge in [-0.1, -0.05) is 158 Å². The van der Waals surface area contributed by atoms with Crippen LogP contribution >= 0.6 is 0 Å². The average Bonchev–Trinajstić information content (AvgIpc) is 3.95. The molecule has 64 heavy (non-hydrogen) atoms. The van der Waals surface area contributed by atoms with E-state index in [1.807, 2.05) is 0 Å². The number of aromatic nitrogens is 1. The summed E-state index contributed by atoms with van der Waals surface area (Å²) in [4.78, 5) is 2.78. The molecule has 1 N–H and O–H groups in total. The Morgan fingerprint density at radius 1 is 0.609 bits per heavy atom. The molecule has 1 saturated carbocycles. The van der Waals surface area contributed by atoms with Crippen molar-refractivity contribution in [3.8, 4) is 39.3 Å². The fourth-order valence-corrected chi connectivity index (χ4v) is 12.0. The lowest BCUT2D eigenvalue weighted by Crippen LogP contribution is -2.54. The molecule has 8 aromatic carbocycles. The average molecular weight is 825 g/mol. The number of para-hydroxylation sites is 3. The minimum Gasteiger partial charge on any atom is -0.455 e. The van der Waals surface area contributed by atoms with E-state index in [0.29, 0.717) is 0 Å². The van der Waals surface area contributed by atoms with Crippen molar-refractivity contribution in [1.29, 1.82) is 0 Å². The van der Waals surface area contributed by atoms with E-state index in [2.05, 4.69) is 219 Å². The second-order valence-corrected chi connectivity index (χ2v) is 18.7. The van der Waals surface area contributed by atoms with Crippen molar-refractivity contribution in [2.75, 3.05) is 10.2 Å². The van der Waals surface area contributed by atoms with Crippen molar-refractivity contribution in [2.45, 2.75) is 57.4 Å². The molecule has 0 bridgehead atoms. The summed E-state index contributed by atoms with van der Waals surface area (Å²) in [6.45, 7) is 7.23. The van der Waals surface area contributed by atoms with E-state index < -0.39 is 0 Å². The second kappa shape index (κ2) is 13.9. The zero-order valence-electron chi connectivity index (χ0n) is 36.5. The van der Waals surface area contributed by atoms with Gasteiger partial charge in [0.15, 0.2) is 7.28 Å². The van der Waals surface area contributed by atoms with Crippen LogP contribution in [0.1, 0.15) is 50.7 Å². The van der Waals surface area contributed by atoms with Crippen LogP contribution in [-0.4, -0.2) is 17.4 Å². The zero-order valence-corrected chi connectivity index (χ0v) is 36.5. The molecule has 2 unspecified atom stereocenters. The van der Waals surface area contributed by atoms with Gasteiger partial charge in [-0.3, -0.25) is 0 Å². The van der Waals surface area contributed by atoms with Crippen LogP contribution in [0.25, 0.3) is 72.0 Å². The van der Waals surface area contributed by atoms with E-state index in [1.165, 1.54) is 80.2 Å². The molecule has 4 heterocycles. The summed E-state index contributed by atoms with van der Waals surface area (Å²) in [7, 11) is 2.44. The Labute approximate surface area is 375 Å². The van der Waals surface area contributed by atoms with Gasteiger partial charge in [0, 0.05) is 61.0 Å². The van der Waals surface area contributed by atoms with Crippen LogP contribution in [0.15, 0.2) is 180 Å². The molecule has 307 valence electrons. The first kappa shape index (κ1) is 37.3. The molecule has 10 aromatic rings. The zero-order chi connectivity index (χ0) is 42.7. The summed E-state index contributed by atoms with van der Waals surface area (Å²) >= 11 is 0. The molecule has 1 fully saturated rings. The number of hydrogen-bond donors (Lipinski definition) is 1. The van der Waals surface area contributed by atoms with Gasteiger partial charge in [-0.15, -0.1) is 0 Å². The highest BCUT2D eigenvalue weighted by Crippen LogP contribution is 2.62. The number of fused-ring (bicyclic) bond motifs is 9. The van der Waals surface area contributed by atoms with E-state index in [-0.39, 0.29) is 11.0 Å². The summed E-state index contributed by atoms with van der Waals surface area (Å²) in [5.74, 6) is 0.889. The quantitative estimate of drug-likeness (QED) is 0.170. The first-order valence-electron chi connectivity index (χ1n) is 22.9. The molecule has 2 aliphatic heterocycles. The van der Waals surface area contributed by atoms with Crippen molar-refractivity contribution in [2.24, 2.45) is 0 Å². The number of aryl methyl sites for hydroxylation is 1. The Morgan fingerprint density at radius 3 is 2.14 bits per heavy atom. The van der Waals surface area contributed by atoms with Gasteiger partial charge in [0.05, 0.1) is 22.3 Å². The molecule has 13 rings (SSSR count). The maximum Gasteiger partial charge on any atom is 0.198 e. The number of rotatable bonds is 6. The van der Waals surface area contributed by atoms with Crippen LogP contribution in [-0.2, 0) is 5.41 Å². The van der Waals surface area contributed by atoms with Crippen molar-refractivity contribution < 1.29 is 4.42 Å². The fraction of sp³-hybridized carbons (Fsp3) is 0.153. The predicted molar refractivity (Wildman–Crippen MR) is 269 cm³/mol. The summed E-state index contributed by atoms with van der Waals surface area (Å²) in [6.07, 6.45) is 4.76. The van der Waals surface area contributed by atoms with E-state index in [4.69, 9.17) is 4.42 Å². The molecule has 1 aliphatic carbocycles. The fourth-order valence-electron chi connectivity index (χ4n) is 12.0. The number of nitrogens with one attached hydrogen (secondary N) is 1. The Hall–Kier alpha value is -7.24. The molecule has 4 nitrogen and oxygen atoms in total. The molecule has 3 aliphatic rings. The Kier molecular flexibility index (Phi) is 8.10. The molecular formula is C59H47BN3O. The number of benzene rings is 8. The van der Waals surface area contributed by atoms with Crippen molar-refractivity contribution in [3.05, 3.63) is 187 Å². The van der Waals surface area contributed by atoms with E-state index >= 15 is 0 Å².